The molecule has 3 heteroatoms. The van der Waals surface area contributed by atoms with Crippen LogP contribution in [0.3, 0.4) is 0 Å². The Hall–Kier alpha value is -2.32. The molecular formula is C17H9ClO2. The first-order valence-corrected chi connectivity index (χ1v) is 6.66. The van der Waals surface area contributed by atoms with Crippen LogP contribution in [0.1, 0.15) is 0 Å². The van der Waals surface area contributed by atoms with E-state index in [0.717, 1.165) is 10.8 Å². The first kappa shape index (κ1) is 11.5. The molecule has 0 aliphatic carbocycles. The van der Waals surface area contributed by atoms with E-state index in [2.05, 4.69) is 0 Å². The molecule has 2 nitrogen and oxygen atoms in total. The minimum absolute atomic E-state index is 0.0800. The Morgan fingerprint density at radius 2 is 1.60 bits per heavy atom. The van der Waals surface area contributed by atoms with Crippen molar-refractivity contribution >= 4 is 44.3 Å². The Bertz CT molecular complexity index is 1030. The van der Waals surface area contributed by atoms with Gasteiger partial charge >= 0.3 is 0 Å². The third-order valence-corrected chi connectivity index (χ3v) is 3.86. The van der Waals surface area contributed by atoms with Gasteiger partial charge in [0.1, 0.15) is 11.2 Å². The Morgan fingerprint density at radius 3 is 2.50 bits per heavy atom. The SMILES string of the molecule is O=c1c2c(Cl)cccc2oc2ccc3ccccc3c12. The molecule has 20 heavy (non-hydrogen) atoms. The van der Waals surface area contributed by atoms with Gasteiger partial charge in [0.2, 0.25) is 5.43 Å². The Balaban J connectivity index is 2.38. The maximum atomic E-state index is 12.8. The summed E-state index contributed by atoms with van der Waals surface area (Å²) in [5.74, 6) is 0. The highest BCUT2D eigenvalue weighted by molar-refractivity contribution is 6.35. The van der Waals surface area contributed by atoms with Crippen LogP contribution >= 0.6 is 11.6 Å². The molecule has 0 saturated carbocycles. The van der Waals surface area contributed by atoms with Crippen LogP contribution in [0.25, 0.3) is 32.7 Å². The van der Waals surface area contributed by atoms with Crippen molar-refractivity contribution in [1.29, 1.82) is 0 Å². The zero-order valence-electron chi connectivity index (χ0n) is 10.4. The largest absolute Gasteiger partial charge is 0.456 e. The molecule has 96 valence electrons. The lowest BCUT2D eigenvalue weighted by Gasteiger charge is -2.05. The van der Waals surface area contributed by atoms with E-state index in [1.807, 2.05) is 36.4 Å². The zero-order chi connectivity index (χ0) is 13.7. The average molecular weight is 281 g/mol. The van der Waals surface area contributed by atoms with E-state index in [1.165, 1.54) is 0 Å². The molecule has 3 aromatic carbocycles. The minimum Gasteiger partial charge on any atom is -0.456 e. The minimum atomic E-state index is -0.0800. The summed E-state index contributed by atoms with van der Waals surface area (Å²) in [6, 6.07) is 16.8. The van der Waals surface area contributed by atoms with E-state index < -0.39 is 0 Å². The lowest BCUT2D eigenvalue weighted by Crippen LogP contribution is -2.03. The highest BCUT2D eigenvalue weighted by Gasteiger charge is 2.12. The number of halogens is 1. The quantitative estimate of drug-likeness (QED) is 0.344. The summed E-state index contributed by atoms with van der Waals surface area (Å²) >= 11 is 6.15. The Morgan fingerprint density at radius 1 is 0.800 bits per heavy atom. The summed E-state index contributed by atoms with van der Waals surface area (Å²) in [5, 5.41) is 3.35. The van der Waals surface area contributed by atoms with Crippen LogP contribution in [0.5, 0.6) is 0 Å². The monoisotopic (exact) mass is 280 g/mol. The van der Waals surface area contributed by atoms with E-state index in [9.17, 15) is 4.79 Å². The molecule has 0 unspecified atom stereocenters. The number of rotatable bonds is 0. The van der Waals surface area contributed by atoms with Gasteiger partial charge in [0, 0.05) is 0 Å². The fourth-order valence-electron chi connectivity index (χ4n) is 2.62. The van der Waals surface area contributed by atoms with Gasteiger partial charge in [-0.2, -0.15) is 0 Å². The van der Waals surface area contributed by atoms with Crippen molar-refractivity contribution in [3.05, 3.63) is 69.8 Å². The molecule has 1 aromatic heterocycles. The second-order valence-electron chi connectivity index (χ2n) is 4.70. The molecule has 0 N–H and O–H groups in total. The van der Waals surface area contributed by atoms with E-state index in [0.29, 0.717) is 27.0 Å². The maximum absolute atomic E-state index is 12.8. The van der Waals surface area contributed by atoms with Crippen molar-refractivity contribution in [3.8, 4) is 0 Å². The number of hydrogen-bond acceptors (Lipinski definition) is 2. The maximum Gasteiger partial charge on any atom is 0.202 e. The van der Waals surface area contributed by atoms with Gasteiger partial charge in [0.05, 0.1) is 15.8 Å². The van der Waals surface area contributed by atoms with Gasteiger partial charge in [-0.3, -0.25) is 4.79 Å². The molecule has 0 spiro atoms. The van der Waals surface area contributed by atoms with Crippen LogP contribution in [0.4, 0.5) is 0 Å². The van der Waals surface area contributed by atoms with Crippen molar-refractivity contribution in [3.63, 3.8) is 0 Å². The molecule has 0 aliphatic heterocycles. The lowest BCUT2D eigenvalue weighted by atomic mass is 10.0. The summed E-state index contributed by atoms with van der Waals surface area (Å²) in [5.41, 5.74) is 1.03. The predicted molar refractivity (Wildman–Crippen MR) is 82.5 cm³/mol. The highest BCUT2D eigenvalue weighted by atomic mass is 35.5. The predicted octanol–water partition coefficient (Wildman–Crippen LogP) is 4.75. The van der Waals surface area contributed by atoms with Gasteiger partial charge < -0.3 is 4.42 Å². The van der Waals surface area contributed by atoms with Crippen LogP contribution in [0, 0.1) is 0 Å². The third kappa shape index (κ3) is 1.49. The molecule has 0 atom stereocenters. The molecular weight excluding hydrogens is 272 g/mol. The Kier molecular flexibility index (Phi) is 2.35. The van der Waals surface area contributed by atoms with Gasteiger partial charge in [0.25, 0.3) is 0 Å². The fraction of sp³-hybridized carbons (Fsp3) is 0. The topological polar surface area (TPSA) is 30.2 Å². The molecule has 0 bridgehead atoms. The second-order valence-corrected chi connectivity index (χ2v) is 5.11. The van der Waals surface area contributed by atoms with Gasteiger partial charge in [-0.25, -0.2) is 0 Å². The number of fused-ring (bicyclic) bond motifs is 4. The average Bonchev–Trinajstić information content (AvgIpc) is 2.47. The number of hydrogen-bond donors (Lipinski definition) is 0. The summed E-state index contributed by atoms with van der Waals surface area (Å²) in [6.07, 6.45) is 0. The number of benzene rings is 3. The van der Waals surface area contributed by atoms with Gasteiger partial charge in [0.15, 0.2) is 0 Å². The molecule has 4 rings (SSSR count). The van der Waals surface area contributed by atoms with E-state index in [-0.39, 0.29) is 5.43 Å². The first-order chi connectivity index (χ1) is 9.75. The normalized spacial score (nSPS) is 11.4. The third-order valence-electron chi connectivity index (χ3n) is 3.54. The Labute approximate surface area is 119 Å². The summed E-state index contributed by atoms with van der Waals surface area (Å²) in [6.45, 7) is 0. The van der Waals surface area contributed by atoms with Gasteiger partial charge in [-0.1, -0.05) is 48.0 Å². The smallest absolute Gasteiger partial charge is 0.202 e. The van der Waals surface area contributed by atoms with Gasteiger partial charge in [-0.05, 0) is 29.0 Å². The van der Waals surface area contributed by atoms with Crippen molar-refractivity contribution in [2.24, 2.45) is 0 Å². The van der Waals surface area contributed by atoms with Crippen molar-refractivity contribution in [2.45, 2.75) is 0 Å². The molecule has 0 fully saturated rings. The molecule has 0 radical (unpaired) electrons. The summed E-state index contributed by atoms with van der Waals surface area (Å²) in [7, 11) is 0. The van der Waals surface area contributed by atoms with E-state index in [4.69, 9.17) is 16.0 Å². The summed E-state index contributed by atoms with van der Waals surface area (Å²) < 4.78 is 5.83. The van der Waals surface area contributed by atoms with Crippen molar-refractivity contribution in [1.82, 2.24) is 0 Å². The molecule has 1 heterocycles. The van der Waals surface area contributed by atoms with Gasteiger partial charge in [-0.15, -0.1) is 0 Å². The molecule has 4 aromatic rings. The fourth-order valence-corrected chi connectivity index (χ4v) is 2.88. The van der Waals surface area contributed by atoms with Crippen molar-refractivity contribution < 1.29 is 4.42 Å². The standard InChI is InChI=1S/C17H9ClO2/c18-12-6-3-7-13-16(12)17(19)15-11-5-2-1-4-10(11)8-9-14(15)20-13/h1-9H. The van der Waals surface area contributed by atoms with E-state index >= 15 is 0 Å². The lowest BCUT2D eigenvalue weighted by molar-refractivity contribution is 0.660. The van der Waals surface area contributed by atoms with E-state index in [1.54, 1.807) is 18.2 Å². The molecule has 0 amide bonds. The van der Waals surface area contributed by atoms with Crippen LogP contribution < -0.4 is 5.43 Å². The van der Waals surface area contributed by atoms with Crippen LogP contribution in [0.15, 0.2) is 63.8 Å². The second kappa shape index (κ2) is 4.09. The first-order valence-electron chi connectivity index (χ1n) is 6.28. The molecule has 0 aliphatic rings. The zero-order valence-corrected chi connectivity index (χ0v) is 11.1. The van der Waals surface area contributed by atoms with Crippen LogP contribution in [-0.4, -0.2) is 0 Å². The highest BCUT2D eigenvalue weighted by Crippen LogP contribution is 2.28. The van der Waals surface area contributed by atoms with Crippen molar-refractivity contribution in [2.75, 3.05) is 0 Å². The van der Waals surface area contributed by atoms with Crippen LogP contribution in [0.2, 0.25) is 5.02 Å². The van der Waals surface area contributed by atoms with Crippen LogP contribution in [-0.2, 0) is 0 Å². The summed E-state index contributed by atoms with van der Waals surface area (Å²) in [4.78, 5) is 12.8. The molecule has 0 saturated heterocycles.